The van der Waals surface area contributed by atoms with Crippen molar-refractivity contribution < 1.29 is 9.53 Å². The quantitative estimate of drug-likeness (QED) is 0.892. The number of rotatable bonds is 5. The summed E-state index contributed by atoms with van der Waals surface area (Å²) in [7, 11) is 0. The van der Waals surface area contributed by atoms with Crippen LogP contribution in [0.4, 0.5) is 0 Å². The van der Waals surface area contributed by atoms with Crippen molar-refractivity contribution >= 4 is 5.91 Å². The minimum atomic E-state index is -0.396. The Bertz CT molecular complexity index is 478. The van der Waals surface area contributed by atoms with E-state index in [-0.39, 0.29) is 5.91 Å². The van der Waals surface area contributed by atoms with Crippen molar-refractivity contribution in [1.82, 2.24) is 5.32 Å². The van der Waals surface area contributed by atoms with E-state index in [2.05, 4.69) is 11.4 Å². The summed E-state index contributed by atoms with van der Waals surface area (Å²) in [6.07, 6.45) is 6.23. The molecule has 21 heavy (non-hydrogen) atoms. The Kier molecular flexibility index (Phi) is 5.66. The Morgan fingerprint density at radius 2 is 2.00 bits per heavy atom. The third-order valence-corrected chi connectivity index (χ3v) is 4.23. The van der Waals surface area contributed by atoms with Gasteiger partial charge in [-0.05, 0) is 50.3 Å². The first-order chi connectivity index (χ1) is 10.1. The maximum Gasteiger partial charge on any atom is 0.261 e. The Labute approximate surface area is 128 Å². The summed E-state index contributed by atoms with van der Waals surface area (Å²) in [6, 6.07) is 6.44. The molecule has 0 bridgehead atoms. The molecule has 3 heteroatoms. The Hall–Kier alpha value is -1.51. The minimum Gasteiger partial charge on any atom is -0.480 e. The highest BCUT2D eigenvalue weighted by Gasteiger charge is 2.23. The average Bonchev–Trinajstić information content (AvgIpc) is 2.49. The number of carbonyl (C=O) groups excluding carboxylic acids is 1. The molecule has 2 rings (SSSR count). The molecule has 0 saturated heterocycles. The molecule has 0 aromatic heterocycles. The number of hydrogen-bond acceptors (Lipinski definition) is 2. The van der Waals surface area contributed by atoms with Crippen molar-refractivity contribution in [2.75, 3.05) is 0 Å². The predicted octanol–water partition coefficient (Wildman–Crippen LogP) is 3.91. The fourth-order valence-corrected chi connectivity index (χ4v) is 2.85. The van der Waals surface area contributed by atoms with Gasteiger partial charge in [0.05, 0.1) is 0 Å². The van der Waals surface area contributed by atoms with Crippen molar-refractivity contribution in [1.29, 1.82) is 0 Å². The number of ether oxygens (including phenoxy) is 1. The highest BCUT2D eigenvalue weighted by Crippen LogP contribution is 2.22. The third kappa shape index (κ3) is 4.48. The SMILES string of the molecule is CC[C@@H](Oc1cc(C)ccc1C)C(=O)NC1CCCCC1. The average molecular weight is 289 g/mol. The molecule has 0 unspecified atom stereocenters. The highest BCUT2D eigenvalue weighted by atomic mass is 16.5. The van der Waals surface area contributed by atoms with Crippen LogP contribution in [0.3, 0.4) is 0 Å². The van der Waals surface area contributed by atoms with E-state index in [1.165, 1.54) is 19.3 Å². The van der Waals surface area contributed by atoms with Gasteiger partial charge in [0.15, 0.2) is 6.10 Å². The molecule has 1 aliphatic rings. The third-order valence-electron chi connectivity index (χ3n) is 4.23. The van der Waals surface area contributed by atoms with Crippen molar-refractivity contribution in [2.45, 2.75) is 71.4 Å². The summed E-state index contributed by atoms with van der Waals surface area (Å²) in [5.41, 5.74) is 2.22. The summed E-state index contributed by atoms with van der Waals surface area (Å²) in [5.74, 6) is 0.853. The van der Waals surface area contributed by atoms with Crippen LogP contribution in [-0.2, 0) is 4.79 Å². The van der Waals surface area contributed by atoms with Gasteiger partial charge in [-0.25, -0.2) is 0 Å². The molecule has 0 radical (unpaired) electrons. The van der Waals surface area contributed by atoms with E-state index in [1.807, 2.05) is 32.9 Å². The van der Waals surface area contributed by atoms with E-state index in [9.17, 15) is 4.79 Å². The van der Waals surface area contributed by atoms with Gasteiger partial charge in [0.2, 0.25) is 0 Å². The van der Waals surface area contributed by atoms with Crippen LogP contribution in [0.1, 0.15) is 56.6 Å². The normalized spacial score (nSPS) is 17.3. The fraction of sp³-hybridized carbons (Fsp3) is 0.611. The van der Waals surface area contributed by atoms with Crippen LogP contribution < -0.4 is 10.1 Å². The van der Waals surface area contributed by atoms with E-state index >= 15 is 0 Å². The molecule has 1 amide bonds. The molecule has 1 fully saturated rings. The van der Waals surface area contributed by atoms with E-state index < -0.39 is 6.10 Å². The first-order valence-corrected chi connectivity index (χ1v) is 8.14. The Morgan fingerprint density at radius 1 is 1.29 bits per heavy atom. The van der Waals surface area contributed by atoms with Gasteiger partial charge in [-0.3, -0.25) is 4.79 Å². The van der Waals surface area contributed by atoms with Gasteiger partial charge in [0.1, 0.15) is 5.75 Å². The fourth-order valence-electron chi connectivity index (χ4n) is 2.85. The second-order valence-corrected chi connectivity index (χ2v) is 6.13. The molecule has 1 saturated carbocycles. The second-order valence-electron chi connectivity index (χ2n) is 6.13. The number of nitrogens with one attached hydrogen (secondary N) is 1. The number of benzene rings is 1. The molecule has 1 aromatic rings. The maximum atomic E-state index is 12.4. The van der Waals surface area contributed by atoms with Gasteiger partial charge in [-0.15, -0.1) is 0 Å². The van der Waals surface area contributed by atoms with Crippen molar-refractivity contribution in [3.05, 3.63) is 29.3 Å². The lowest BCUT2D eigenvalue weighted by Crippen LogP contribution is -2.44. The van der Waals surface area contributed by atoms with Crippen LogP contribution in [0.2, 0.25) is 0 Å². The van der Waals surface area contributed by atoms with Crippen LogP contribution >= 0.6 is 0 Å². The molecular weight excluding hydrogens is 262 g/mol. The Morgan fingerprint density at radius 3 is 2.67 bits per heavy atom. The number of carbonyl (C=O) groups is 1. The van der Waals surface area contributed by atoms with Gasteiger partial charge in [0, 0.05) is 6.04 Å². The van der Waals surface area contributed by atoms with E-state index in [0.717, 1.165) is 29.7 Å². The molecule has 116 valence electrons. The molecule has 1 N–H and O–H groups in total. The molecule has 1 aromatic carbocycles. The van der Waals surface area contributed by atoms with E-state index in [4.69, 9.17) is 4.74 Å². The van der Waals surface area contributed by atoms with Gasteiger partial charge in [-0.1, -0.05) is 38.3 Å². The van der Waals surface area contributed by atoms with Crippen LogP contribution in [0.15, 0.2) is 18.2 Å². The van der Waals surface area contributed by atoms with Gasteiger partial charge in [0.25, 0.3) is 5.91 Å². The van der Waals surface area contributed by atoms with Crippen molar-refractivity contribution in [2.24, 2.45) is 0 Å². The van der Waals surface area contributed by atoms with Crippen LogP contribution in [-0.4, -0.2) is 18.1 Å². The van der Waals surface area contributed by atoms with Crippen LogP contribution in [0.25, 0.3) is 0 Å². The summed E-state index contributed by atoms with van der Waals surface area (Å²) < 4.78 is 5.97. The van der Waals surface area contributed by atoms with E-state index in [1.54, 1.807) is 0 Å². The van der Waals surface area contributed by atoms with Crippen molar-refractivity contribution in [3.8, 4) is 5.75 Å². The van der Waals surface area contributed by atoms with Gasteiger partial charge >= 0.3 is 0 Å². The summed E-state index contributed by atoms with van der Waals surface area (Å²) in [4.78, 5) is 12.4. The molecule has 3 nitrogen and oxygen atoms in total. The molecule has 1 atom stereocenters. The Balaban J connectivity index is 1.98. The number of hydrogen-bond donors (Lipinski definition) is 1. The first kappa shape index (κ1) is 15.9. The standard InChI is InChI=1S/C18H27NO2/c1-4-16(18(20)19-15-8-6-5-7-9-15)21-17-12-13(2)10-11-14(17)3/h10-12,15-16H,4-9H2,1-3H3,(H,19,20)/t16-/m1/s1. The first-order valence-electron chi connectivity index (χ1n) is 8.14. The summed E-state index contributed by atoms with van der Waals surface area (Å²) >= 11 is 0. The lowest BCUT2D eigenvalue weighted by molar-refractivity contribution is -0.129. The van der Waals surface area contributed by atoms with E-state index in [0.29, 0.717) is 12.5 Å². The molecular formula is C18H27NO2. The minimum absolute atomic E-state index is 0.0327. The topological polar surface area (TPSA) is 38.3 Å². The van der Waals surface area contributed by atoms with Gasteiger partial charge in [-0.2, -0.15) is 0 Å². The zero-order valence-corrected chi connectivity index (χ0v) is 13.4. The van der Waals surface area contributed by atoms with Crippen LogP contribution in [0, 0.1) is 13.8 Å². The lowest BCUT2D eigenvalue weighted by Gasteiger charge is -2.26. The zero-order valence-electron chi connectivity index (χ0n) is 13.4. The molecule has 1 aliphatic carbocycles. The lowest BCUT2D eigenvalue weighted by atomic mass is 9.95. The summed E-state index contributed by atoms with van der Waals surface area (Å²) in [6.45, 7) is 6.05. The zero-order chi connectivity index (χ0) is 15.2. The number of amides is 1. The van der Waals surface area contributed by atoms with Crippen LogP contribution in [0.5, 0.6) is 5.75 Å². The molecule has 0 heterocycles. The largest absolute Gasteiger partial charge is 0.480 e. The monoisotopic (exact) mass is 289 g/mol. The van der Waals surface area contributed by atoms with Gasteiger partial charge < -0.3 is 10.1 Å². The molecule has 0 aliphatic heterocycles. The molecule has 0 spiro atoms. The maximum absolute atomic E-state index is 12.4. The smallest absolute Gasteiger partial charge is 0.261 e. The number of aryl methyl sites for hydroxylation is 2. The second kappa shape index (κ2) is 7.48. The highest BCUT2D eigenvalue weighted by molar-refractivity contribution is 5.81. The van der Waals surface area contributed by atoms with Crippen molar-refractivity contribution in [3.63, 3.8) is 0 Å². The predicted molar refractivity (Wildman–Crippen MR) is 85.6 cm³/mol. The summed E-state index contributed by atoms with van der Waals surface area (Å²) in [5, 5.41) is 3.16.